The van der Waals surface area contributed by atoms with E-state index in [1.807, 2.05) is 67.6 Å². The van der Waals surface area contributed by atoms with Gasteiger partial charge in [0.1, 0.15) is 23.7 Å². The summed E-state index contributed by atoms with van der Waals surface area (Å²) < 4.78 is 19.4. The molecule has 0 radical (unpaired) electrons. The second kappa shape index (κ2) is 12.1. The van der Waals surface area contributed by atoms with Gasteiger partial charge in [0, 0.05) is 31.3 Å². The fourth-order valence-electron chi connectivity index (χ4n) is 4.61. The van der Waals surface area contributed by atoms with Gasteiger partial charge in [0.25, 0.3) is 5.56 Å². The summed E-state index contributed by atoms with van der Waals surface area (Å²) >= 11 is 0. The maximum Gasteiger partial charge on any atom is 0.354 e. The van der Waals surface area contributed by atoms with Crippen LogP contribution in [0.2, 0.25) is 0 Å². The number of hydrogen-bond donors (Lipinski definition) is 1. The first-order valence-corrected chi connectivity index (χ1v) is 13.1. The molecule has 2 aromatic carbocycles. The average molecular weight is 554 g/mol. The monoisotopic (exact) mass is 553 g/mol. The number of rotatable bonds is 10. The van der Waals surface area contributed by atoms with E-state index in [-0.39, 0.29) is 5.56 Å². The number of ether oxygens (including phenoxy) is 3. The molecule has 0 atom stereocenters. The molecular weight excluding hydrogens is 522 g/mol. The number of fused-ring (bicyclic) bond motifs is 1. The normalized spacial score (nSPS) is 11.0. The van der Waals surface area contributed by atoms with Gasteiger partial charge in [0.2, 0.25) is 5.95 Å². The number of benzene rings is 2. The lowest BCUT2D eigenvalue weighted by molar-refractivity contribution is 0.0590. The Morgan fingerprint density at radius 1 is 1.00 bits per heavy atom. The summed E-state index contributed by atoms with van der Waals surface area (Å²) in [6.07, 6.45) is 1.74. The minimum absolute atomic E-state index is 0.202. The van der Waals surface area contributed by atoms with E-state index >= 15 is 0 Å². The van der Waals surface area contributed by atoms with Crippen molar-refractivity contribution in [2.75, 3.05) is 26.1 Å². The Hall–Kier alpha value is -4.96. The number of methoxy groups -OCH3 is 2. The molecule has 0 fully saturated rings. The van der Waals surface area contributed by atoms with Crippen LogP contribution in [0.3, 0.4) is 0 Å². The van der Waals surface area contributed by atoms with Crippen LogP contribution >= 0.6 is 0 Å². The predicted octanol–water partition coefficient (Wildman–Crippen LogP) is 4.86. The van der Waals surface area contributed by atoms with E-state index in [1.165, 1.54) is 7.11 Å². The topological polar surface area (TPSA) is 109 Å². The number of pyridine rings is 1. The van der Waals surface area contributed by atoms with Gasteiger partial charge in [-0.15, -0.1) is 0 Å². The molecule has 0 aliphatic heterocycles. The Labute approximate surface area is 237 Å². The number of nitrogens with one attached hydrogen (secondary N) is 1. The Morgan fingerprint density at radius 2 is 1.80 bits per heavy atom. The maximum atomic E-state index is 13.8. The fourth-order valence-corrected chi connectivity index (χ4v) is 4.61. The molecule has 0 bridgehead atoms. The highest BCUT2D eigenvalue weighted by atomic mass is 16.5. The molecule has 210 valence electrons. The standard InChI is InChI=1S/C31H31N5O5/c1-20-25-17-26(22-11-8-12-24(15-22)41-19-21-9-6-5-7-10-21)29(37)36(13-14-39-3)28(25)34-31(32-20)33-23-16-27(30(38)40-4)35(2)18-23/h5-12,15-18H,13-14,19H2,1-4H3,(H,32,33,34). The summed E-state index contributed by atoms with van der Waals surface area (Å²) in [6.45, 7) is 2.92. The van der Waals surface area contributed by atoms with E-state index in [2.05, 4.69) is 10.3 Å². The van der Waals surface area contributed by atoms with Gasteiger partial charge in [-0.05, 0) is 42.3 Å². The summed E-state index contributed by atoms with van der Waals surface area (Å²) in [5, 5.41) is 3.88. The lowest BCUT2D eigenvalue weighted by Gasteiger charge is -2.15. The van der Waals surface area contributed by atoms with E-state index in [1.54, 1.807) is 35.6 Å². The third-order valence-electron chi connectivity index (χ3n) is 6.70. The highest BCUT2D eigenvalue weighted by Crippen LogP contribution is 2.27. The quantitative estimate of drug-likeness (QED) is 0.244. The molecule has 3 heterocycles. The van der Waals surface area contributed by atoms with Crippen molar-refractivity contribution in [3.63, 3.8) is 0 Å². The Kier molecular flexibility index (Phi) is 8.11. The minimum Gasteiger partial charge on any atom is -0.489 e. The highest BCUT2D eigenvalue weighted by Gasteiger charge is 2.18. The van der Waals surface area contributed by atoms with Crippen LogP contribution in [0.15, 0.2) is 77.7 Å². The second-order valence-corrected chi connectivity index (χ2v) is 9.52. The van der Waals surface area contributed by atoms with Crippen LogP contribution in [-0.2, 0) is 29.7 Å². The molecular formula is C31H31N5O5. The zero-order chi connectivity index (χ0) is 28.9. The number of carbonyl (C=O) groups excluding carboxylic acids is 1. The Bertz CT molecular complexity index is 1760. The van der Waals surface area contributed by atoms with Gasteiger partial charge in [-0.2, -0.15) is 4.98 Å². The zero-order valence-electron chi connectivity index (χ0n) is 23.4. The van der Waals surface area contributed by atoms with Crippen molar-refractivity contribution in [3.05, 3.63) is 100 Å². The number of anilines is 2. The molecule has 0 spiro atoms. The Morgan fingerprint density at radius 3 is 2.56 bits per heavy atom. The molecule has 5 rings (SSSR count). The van der Waals surface area contributed by atoms with Gasteiger partial charge in [-0.25, -0.2) is 9.78 Å². The smallest absolute Gasteiger partial charge is 0.354 e. The van der Waals surface area contributed by atoms with Crippen molar-refractivity contribution < 1.29 is 19.0 Å². The maximum absolute atomic E-state index is 13.8. The van der Waals surface area contributed by atoms with Crippen molar-refractivity contribution in [2.24, 2.45) is 7.05 Å². The molecule has 10 nitrogen and oxygen atoms in total. The molecule has 0 amide bonds. The van der Waals surface area contributed by atoms with Crippen LogP contribution in [0.4, 0.5) is 11.6 Å². The number of esters is 1. The molecule has 0 saturated heterocycles. The summed E-state index contributed by atoms with van der Waals surface area (Å²) in [6, 6.07) is 20.9. The number of aromatic nitrogens is 4. The van der Waals surface area contributed by atoms with Gasteiger partial charge < -0.3 is 24.1 Å². The van der Waals surface area contributed by atoms with Gasteiger partial charge in [0.15, 0.2) is 0 Å². The van der Waals surface area contributed by atoms with Gasteiger partial charge in [-0.3, -0.25) is 9.36 Å². The molecule has 3 aromatic heterocycles. The number of hydrogen-bond acceptors (Lipinski definition) is 8. The van der Waals surface area contributed by atoms with Crippen molar-refractivity contribution in [1.82, 2.24) is 19.1 Å². The van der Waals surface area contributed by atoms with Crippen molar-refractivity contribution in [1.29, 1.82) is 0 Å². The lowest BCUT2D eigenvalue weighted by Crippen LogP contribution is -2.25. The third-order valence-corrected chi connectivity index (χ3v) is 6.70. The van der Waals surface area contributed by atoms with Crippen LogP contribution in [-0.4, -0.2) is 45.9 Å². The molecule has 41 heavy (non-hydrogen) atoms. The molecule has 0 unspecified atom stereocenters. The second-order valence-electron chi connectivity index (χ2n) is 9.52. The summed E-state index contributed by atoms with van der Waals surface area (Å²) in [4.78, 5) is 35.2. The van der Waals surface area contributed by atoms with E-state index in [0.29, 0.717) is 59.7 Å². The molecule has 0 aliphatic carbocycles. The van der Waals surface area contributed by atoms with Crippen molar-refractivity contribution in [3.8, 4) is 16.9 Å². The van der Waals surface area contributed by atoms with Crippen LogP contribution in [0.25, 0.3) is 22.2 Å². The summed E-state index contributed by atoms with van der Waals surface area (Å²) in [5.74, 6) is 0.509. The van der Waals surface area contributed by atoms with E-state index < -0.39 is 5.97 Å². The van der Waals surface area contributed by atoms with Crippen LogP contribution in [0.5, 0.6) is 5.75 Å². The Balaban J connectivity index is 1.53. The molecule has 0 aliphatic rings. The predicted molar refractivity (Wildman–Crippen MR) is 157 cm³/mol. The zero-order valence-corrected chi connectivity index (χ0v) is 23.4. The molecule has 1 N–H and O–H groups in total. The SMILES string of the molecule is COCCn1c(=O)c(-c2cccc(OCc3ccccc3)c2)cc2c(C)nc(Nc3cc(C(=O)OC)n(C)c3)nc21. The van der Waals surface area contributed by atoms with Gasteiger partial charge >= 0.3 is 5.97 Å². The number of carbonyl (C=O) groups is 1. The minimum atomic E-state index is -0.452. The largest absolute Gasteiger partial charge is 0.489 e. The summed E-state index contributed by atoms with van der Waals surface area (Å²) in [5.41, 5.74) is 4.25. The average Bonchev–Trinajstić information content (AvgIpc) is 3.35. The van der Waals surface area contributed by atoms with Crippen LogP contribution < -0.4 is 15.6 Å². The van der Waals surface area contributed by atoms with Crippen LogP contribution in [0.1, 0.15) is 21.7 Å². The fraction of sp³-hybridized carbons (Fsp3) is 0.226. The van der Waals surface area contributed by atoms with E-state index in [4.69, 9.17) is 19.2 Å². The van der Waals surface area contributed by atoms with E-state index in [9.17, 15) is 9.59 Å². The van der Waals surface area contributed by atoms with Gasteiger partial charge in [0.05, 0.1) is 31.6 Å². The van der Waals surface area contributed by atoms with Crippen LogP contribution in [0, 0.1) is 6.92 Å². The van der Waals surface area contributed by atoms with E-state index in [0.717, 1.165) is 16.5 Å². The van der Waals surface area contributed by atoms with Crippen molar-refractivity contribution in [2.45, 2.75) is 20.1 Å². The first kappa shape index (κ1) is 27.6. The van der Waals surface area contributed by atoms with Gasteiger partial charge in [-0.1, -0.05) is 42.5 Å². The third kappa shape index (κ3) is 5.97. The number of nitrogens with zero attached hydrogens (tertiary/aromatic N) is 4. The lowest BCUT2D eigenvalue weighted by atomic mass is 10.0. The first-order valence-electron chi connectivity index (χ1n) is 13.1. The molecule has 5 aromatic rings. The molecule has 10 heteroatoms. The summed E-state index contributed by atoms with van der Waals surface area (Å²) in [7, 11) is 4.67. The first-order chi connectivity index (χ1) is 19.9. The highest BCUT2D eigenvalue weighted by molar-refractivity contribution is 5.89. The number of aryl methyl sites for hydroxylation is 2. The van der Waals surface area contributed by atoms with Crippen molar-refractivity contribution >= 4 is 28.6 Å². The molecule has 0 saturated carbocycles.